The molecule has 1 aliphatic heterocycles. The van der Waals surface area contributed by atoms with E-state index in [0.29, 0.717) is 11.6 Å². The van der Waals surface area contributed by atoms with Crippen LogP contribution in [0.15, 0.2) is 24.3 Å². The van der Waals surface area contributed by atoms with Gasteiger partial charge >= 0.3 is 0 Å². The predicted octanol–water partition coefficient (Wildman–Crippen LogP) is 2.07. The molecule has 0 bridgehead atoms. The Kier molecular flexibility index (Phi) is 3.98. The lowest BCUT2D eigenvalue weighted by atomic mass is 9.93. The van der Waals surface area contributed by atoms with E-state index in [1.165, 1.54) is 0 Å². The Hall–Kier alpha value is -2.19. The molecule has 0 aliphatic carbocycles. The molecule has 2 heterocycles. The summed E-state index contributed by atoms with van der Waals surface area (Å²) in [4.78, 5) is 2.28. The third-order valence-corrected chi connectivity index (χ3v) is 4.25. The summed E-state index contributed by atoms with van der Waals surface area (Å²) in [5.41, 5.74) is 7.85. The summed E-state index contributed by atoms with van der Waals surface area (Å²) in [5.74, 6) is 0.706. The Labute approximate surface area is 124 Å². The lowest BCUT2D eigenvalue weighted by molar-refractivity contribution is 0.386. The first-order valence-corrected chi connectivity index (χ1v) is 7.44. The summed E-state index contributed by atoms with van der Waals surface area (Å²) >= 11 is 0. The average molecular weight is 281 g/mol. The number of anilines is 1. The van der Waals surface area contributed by atoms with Gasteiger partial charge in [0.25, 0.3) is 0 Å². The van der Waals surface area contributed by atoms with Gasteiger partial charge in [-0.1, -0.05) is 18.2 Å². The quantitative estimate of drug-likeness (QED) is 0.931. The number of hydrogen-bond acceptors (Lipinski definition) is 5. The van der Waals surface area contributed by atoms with E-state index in [2.05, 4.69) is 21.2 Å². The molecule has 2 aromatic rings. The Balaban J connectivity index is 1.95. The highest BCUT2D eigenvalue weighted by Gasteiger charge is 2.23. The normalized spacial score (nSPS) is 16.1. The molecule has 1 fully saturated rings. The van der Waals surface area contributed by atoms with Gasteiger partial charge in [-0.25, -0.2) is 0 Å². The summed E-state index contributed by atoms with van der Waals surface area (Å²) in [5, 5.41) is 18.6. The van der Waals surface area contributed by atoms with Crippen LogP contribution in [0.5, 0.6) is 0 Å². The van der Waals surface area contributed by atoms with Crippen LogP contribution in [0, 0.1) is 17.2 Å². The highest BCUT2D eigenvalue weighted by Crippen LogP contribution is 2.31. The first kappa shape index (κ1) is 13.8. The molecule has 2 N–H and O–H groups in total. The minimum absolute atomic E-state index is 0.422. The monoisotopic (exact) mass is 281 g/mol. The summed E-state index contributed by atoms with van der Waals surface area (Å²) in [6.07, 6.45) is 3.34. The maximum atomic E-state index is 9.35. The molecule has 0 radical (unpaired) electrons. The molecule has 1 aromatic carbocycles. The van der Waals surface area contributed by atoms with Crippen LogP contribution in [0.25, 0.3) is 10.9 Å². The van der Waals surface area contributed by atoms with E-state index in [9.17, 15) is 5.26 Å². The summed E-state index contributed by atoms with van der Waals surface area (Å²) in [6.45, 7) is 2.66. The predicted molar refractivity (Wildman–Crippen MR) is 82.9 cm³/mol. The Morgan fingerprint density at radius 1 is 1.24 bits per heavy atom. The highest BCUT2D eigenvalue weighted by atomic mass is 15.2. The molecule has 5 heteroatoms. The Morgan fingerprint density at radius 2 is 2.00 bits per heavy atom. The van der Waals surface area contributed by atoms with Crippen molar-refractivity contribution in [3.05, 3.63) is 30.0 Å². The van der Waals surface area contributed by atoms with Gasteiger partial charge in [0.1, 0.15) is 6.07 Å². The van der Waals surface area contributed by atoms with E-state index >= 15 is 0 Å². The lowest BCUT2D eigenvalue weighted by Gasteiger charge is -2.34. The maximum Gasteiger partial charge on any atom is 0.187 e. The van der Waals surface area contributed by atoms with Gasteiger partial charge in [0.2, 0.25) is 0 Å². The molecular weight excluding hydrogens is 262 g/mol. The number of benzene rings is 1. The van der Waals surface area contributed by atoms with Crippen molar-refractivity contribution in [1.82, 2.24) is 10.2 Å². The van der Waals surface area contributed by atoms with Crippen molar-refractivity contribution in [2.24, 2.45) is 11.7 Å². The van der Waals surface area contributed by atoms with Gasteiger partial charge in [0.15, 0.2) is 5.69 Å². The van der Waals surface area contributed by atoms with Crippen LogP contribution in [0.3, 0.4) is 0 Å². The number of piperidine rings is 1. The maximum absolute atomic E-state index is 9.35. The molecule has 1 aromatic heterocycles. The number of nitrogens with zero attached hydrogens (tertiary/aromatic N) is 4. The molecule has 0 atom stereocenters. The molecule has 3 rings (SSSR count). The van der Waals surface area contributed by atoms with Crippen LogP contribution in [0.1, 0.15) is 25.0 Å². The third kappa shape index (κ3) is 2.67. The van der Waals surface area contributed by atoms with Crippen molar-refractivity contribution in [2.45, 2.75) is 19.3 Å². The van der Waals surface area contributed by atoms with E-state index in [1.807, 2.05) is 24.3 Å². The van der Waals surface area contributed by atoms with Gasteiger partial charge < -0.3 is 10.6 Å². The summed E-state index contributed by atoms with van der Waals surface area (Å²) in [7, 11) is 0. The number of nitrogens with two attached hydrogens (primary N) is 1. The number of aromatic nitrogens is 2. The first-order valence-electron chi connectivity index (χ1n) is 7.44. The number of nitriles is 1. The van der Waals surface area contributed by atoms with Crippen LogP contribution < -0.4 is 10.6 Å². The molecule has 1 saturated heterocycles. The molecule has 0 spiro atoms. The van der Waals surface area contributed by atoms with Gasteiger partial charge in [0, 0.05) is 18.5 Å². The van der Waals surface area contributed by atoms with Crippen molar-refractivity contribution < 1.29 is 0 Å². The van der Waals surface area contributed by atoms with Gasteiger partial charge in [0.05, 0.1) is 11.2 Å². The molecule has 0 amide bonds. The summed E-state index contributed by atoms with van der Waals surface area (Å²) < 4.78 is 0. The second-order valence-electron chi connectivity index (χ2n) is 5.53. The molecule has 0 saturated carbocycles. The Bertz CT molecular complexity index is 668. The van der Waals surface area contributed by atoms with E-state index in [0.717, 1.165) is 55.5 Å². The van der Waals surface area contributed by atoms with Crippen LogP contribution >= 0.6 is 0 Å². The third-order valence-electron chi connectivity index (χ3n) is 4.25. The first-order chi connectivity index (χ1) is 10.3. The van der Waals surface area contributed by atoms with Crippen molar-refractivity contribution in [2.75, 3.05) is 24.5 Å². The topological polar surface area (TPSA) is 78.8 Å². The fraction of sp³-hybridized carbons (Fsp3) is 0.438. The minimum atomic E-state index is 0.422. The zero-order chi connectivity index (χ0) is 14.7. The molecule has 21 heavy (non-hydrogen) atoms. The minimum Gasteiger partial charge on any atom is -0.369 e. The lowest BCUT2D eigenvalue weighted by Crippen LogP contribution is -2.35. The second-order valence-corrected chi connectivity index (χ2v) is 5.53. The van der Waals surface area contributed by atoms with Crippen LogP contribution in [-0.4, -0.2) is 29.8 Å². The van der Waals surface area contributed by atoms with Gasteiger partial charge in [-0.05, 0) is 37.8 Å². The largest absolute Gasteiger partial charge is 0.369 e. The van der Waals surface area contributed by atoms with Crippen molar-refractivity contribution in [3.8, 4) is 6.07 Å². The highest BCUT2D eigenvalue weighted by molar-refractivity contribution is 5.93. The zero-order valence-corrected chi connectivity index (χ0v) is 12.0. The molecule has 108 valence electrons. The fourth-order valence-corrected chi connectivity index (χ4v) is 3.12. The van der Waals surface area contributed by atoms with Crippen molar-refractivity contribution in [1.29, 1.82) is 5.26 Å². The van der Waals surface area contributed by atoms with Crippen molar-refractivity contribution in [3.63, 3.8) is 0 Å². The average Bonchev–Trinajstić information content (AvgIpc) is 2.55. The number of hydrogen-bond donors (Lipinski definition) is 1. The molecule has 0 unspecified atom stereocenters. The standard InChI is InChI=1S/C16H19N5/c17-8-5-12-6-9-21(10-7-12)16-13-3-1-2-4-14(13)19-20-15(16)11-18/h1-4,12H,5-10,17H2. The molecule has 5 nitrogen and oxygen atoms in total. The van der Waals surface area contributed by atoms with Gasteiger partial charge in [-0.3, -0.25) is 0 Å². The van der Waals surface area contributed by atoms with E-state index in [4.69, 9.17) is 5.73 Å². The molecular formula is C16H19N5. The van der Waals surface area contributed by atoms with E-state index in [1.54, 1.807) is 0 Å². The van der Waals surface area contributed by atoms with E-state index < -0.39 is 0 Å². The van der Waals surface area contributed by atoms with Gasteiger partial charge in [-0.15, -0.1) is 10.2 Å². The summed E-state index contributed by atoms with van der Waals surface area (Å²) in [6, 6.07) is 10.1. The number of fused-ring (bicyclic) bond motifs is 1. The molecule has 1 aliphatic rings. The van der Waals surface area contributed by atoms with Gasteiger partial charge in [-0.2, -0.15) is 5.26 Å². The fourth-order valence-electron chi connectivity index (χ4n) is 3.12. The van der Waals surface area contributed by atoms with Crippen LogP contribution in [0.2, 0.25) is 0 Å². The smallest absolute Gasteiger partial charge is 0.187 e. The van der Waals surface area contributed by atoms with Crippen molar-refractivity contribution >= 4 is 16.6 Å². The second kappa shape index (κ2) is 6.06. The van der Waals surface area contributed by atoms with E-state index in [-0.39, 0.29) is 0 Å². The van der Waals surface area contributed by atoms with Crippen LogP contribution in [0.4, 0.5) is 5.69 Å². The SMILES string of the molecule is N#Cc1nnc2ccccc2c1N1CCC(CCN)CC1. The number of rotatable bonds is 3. The van der Waals surface area contributed by atoms with Crippen LogP contribution in [-0.2, 0) is 0 Å². The zero-order valence-electron chi connectivity index (χ0n) is 12.0. The Morgan fingerprint density at radius 3 is 2.71 bits per heavy atom.